The fraction of sp³-hybridized carbons (Fsp3) is 0.857. The standard InChI is InChI=1S/C7H14ClNO2.H2O/c1-6(2)9-5-7(10)11-4-3-8;/h6,9H,3-5H2,1-2H3;1H2. The van der Waals surface area contributed by atoms with Crippen molar-refractivity contribution in [1.82, 2.24) is 5.32 Å². The predicted molar refractivity (Wildman–Crippen MR) is 48.4 cm³/mol. The highest BCUT2D eigenvalue weighted by Gasteiger charge is 2.01. The Morgan fingerprint density at radius 1 is 1.58 bits per heavy atom. The van der Waals surface area contributed by atoms with Crippen molar-refractivity contribution in [3.8, 4) is 0 Å². The van der Waals surface area contributed by atoms with Crippen molar-refractivity contribution in [2.75, 3.05) is 19.0 Å². The Morgan fingerprint density at radius 3 is 2.58 bits per heavy atom. The summed E-state index contributed by atoms with van der Waals surface area (Å²) in [7, 11) is 0. The minimum absolute atomic E-state index is 0. The van der Waals surface area contributed by atoms with Crippen molar-refractivity contribution < 1.29 is 15.0 Å². The Kier molecular flexibility index (Phi) is 10.4. The summed E-state index contributed by atoms with van der Waals surface area (Å²) < 4.78 is 4.71. The van der Waals surface area contributed by atoms with Gasteiger partial charge in [0.15, 0.2) is 0 Å². The van der Waals surface area contributed by atoms with Crippen LogP contribution in [0.25, 0.3) is 0 Å². The number of nitrogens with one attached hydrogen (secondary N) is 1. The van der Waals surface area contributed by atoms with Gasteiger partial charge in [0.05, 0.1) is 12.4 Å². The Hall–Kier alpha value is -0.320. The summed E-state index contributed by atoms with van der Waals surface area (Å²) in [5, 5.41) is 2.94. The molecule has 12 heavy (non-hydrogen) atoms. The van der Waals surface area contributed by atoms with Gasteiger partial charge in [-0.1, -0.05) is 13.8 Å². The van der Waals surface area contributed by atoms with Crippen LogP contribution in [-0.4, -0.2) is 36.5 Å². The molecular formula is C7H16ClNO3. The Labute approximate surface area is 77.5 Å². The second kappa shape index (κ2) is 8.77. The van der Waals surface area contributed by atoms with Crippen LogP contribution in [0.5, 0.6) is 0 Å². The lowest BCUT2D eigenvalue weighted by molar-refractivity contribution is -0.142. The molecule has 0 atom stereocenters. The first kappa shape index (κ1) is 14.2. The van der Waals surface area contributed by atoms with Crippen LogP contribution in [0.2, 0.25) is 0 Å². The number of esters is 1. The average Bonchev–Trinajstić information content (AvgIpc) is 1.97. The van der Waals surface area contributed by atoms with E-state index in [-0.39, 0.29) is 18.0 Å². The van der Waals surface area contributed by atoms with Gasteiger partial charge in [-0.2, -0.15) is 0 Å². The second-order valence-corrected chi connectivity index (χ2v) is 2.82. The third-order valence-electron chi connectivity index (χ3n) is 0.995. The highest BCUT2D eigenvalue weighted by molar-refractivity contribution is 6.18. The zero-order valence-corrected chi connectivity index (χ0v) is 8.15. The van der Waals surface area contributed by atoms with Gasteiger partial charge >= 0.3 is 5.97 Å². The molecule has 0 aliphatic rings. The molecule has 0 saturated carbocycles. The highest BCUT2D eigenvalue weighted by Crippen LogP contribution is 1.82. The topological polar surface area (TPSA) is 69.8 Å². The molecule has 3 N–H and O–H groups in total. The molecule has 0 aromatic rings. The molecule has 0 spiro atoms. The zero-order valence-electron chi connectivity index (χ0n) is 7.39. The molecule has 0 heterocycles. The molecule has 0 aliphatic heterocycles. The minimum atomic E-state index is -0.251. The van der Waals surface area contributed by atoms with Crippen LogP contribution in [0, 0.1) is 0 Å². The third-order valence-corrected chi connectivity index (χ3v) is 1.15. The van der Waals surface area contributed by atoms with Crippen molar-refractivity contribution in [2.45, 2.75) is 19.9 Å². The van der Waals surface area contributed by atoms with Crippen LogP contribution >= 0.6 is 11.6 Å². The number of carbonyl (C=O) groups excluding carboxylic acids is 1. The first-order valence-electron chi connectivity index (χ1n) is 3.61. The second-order valence-electron chi connectivity index (χ2n) is 2.45. The number of hydrogen-bond acceptors (Lipinski definition) is 3. The number of carbonyl (C=O) groups is 1. The average molecular weight is 198 g/mol. The summed E-state index contributed by atoms with van der Waals surface area (Å²) in [4.78, 5) is 10.8. The molecule has 0 amide bonds. The van der Waals surface area contributed by atoms with Crippen molar-refractivity contribution in [2.24, 2.45) is 0 Å². The van der Waals surface area contributed by atoms with Gasteiger partial charge in [0.25, 0.3) is 0 Å². The third kappa shape index (κ3) is 9.68. The lowest BCUT2D eigenvalue weighted by atomic mass is 10.4. The van der Waals surface area contributed by atoms with Crippen molar-refractivity contribution in [3.63, 3.8) is 0 Å². The van der Waals surface area contributed by atoms with Gasteiger partial charge in [0.2, 0.25) is 0 Å². The van der Waals surface area contributed by atoms with E-state index in [9.17, 15) is 4.79 Å². The van der Waals surface area contributed by atoms with Crippen LogP contribution < -0.4 is 5.32 Å². The predicted octanol–water partition coefficient (Wildman–Crippen LogP) is -0.0583. The zero-order chi connectivity index (χ0) is 8.69. The quantitative estimate of drug-likeness (QED) is 0.496. The van der Waals surface area contributed by atoms with Crippen molar-refractivity contribution >= 4 is 17.6 Å². The lowest BCUT2D eigenvalue weighted by Crippen LogP contribution is -2.30. The van der Waals surface area contributed by atoms with Gasteiger partial charge < -0.3 is 15.5 Å². The number of halogens is 1. The highest BCUT2D eigenvalue weighted by atomic mass is 35.5. The van der Waals surface area contributed by atoms with Crippen LogP contribution in [0.15, 0.2) is 0 Å². The Balaban J connectivity index is 0. The lowest BCUT2D eigenvalue weighted by Gasteiger charge is -2.06. The van der Waals surface area contributed by atoms with Gasteiger partial charge in [0.1, 0.15) is 6.61 Å². The molecule has 0 aromatic heterocycles. The molecule has 0 fully saturated rings. The molecule has 0 radical (unpaired) electrons. The first-order chi connectivity index (χ1) is 5.16. The van der Waals surface area contributed by atoms with E-state index in [1.54, 1.807) is 0 Å². The summed E-state index contributed by atoms with van der Waals surface area (Å²) in [6, 6.07) is 0.304. The molecule has 5 heteroatoms. The maximum absolute atomic E-state index is 10.8. The van der Waals surface area contributed by atoms with E-state index in [1.165, 1.54) is 0 Å². The van der Waals surface area contributed by atoms with Gasteiger partial charge in [-0.05, 0) is 0 Å². The van der Waals surface area contributed by atoms with Crippen LogP contribution in [0.3, 0.4) is 0 Å². The molecule has 0 rings (SSSR count). The fourth-order valence-corrected chi connectivity index (χ4v) is 0.568. The Morgan fingerprint density at radius 2 is 2.17 bits per heavy atom. The first-order valence-corrected chi connectivity index (χ1v) is 4.15. The van der Waals surface area contributed by atoms with E-state index >= 15 is 0 Å². The van der Waals surface area contributed by atoms with Crippen molar-refractivity contribution in [3.05, 3.63) is 0 Å². The maximum atomic E-state index is 10.8. The molecule has 0 bridgehead atoms. The number of hydrogen-bond donors (Lipinski definition) is 1. The minimum Gasteiger partial charge on any atom is -0.463 e. The monoisotopic (exact) mass is 197 g/mol. The molecule has 0 aliphatic carbocycles. The van der Waals surface area contributed by atoms with E-state index < -0.39 is 0 Å². The normalized spacial score (nSPS) is 9.33. The number of rotatable bonds is 5. The maximum Gasteiger partial charge on any atom is 0.319 e. The SMILES string of the molecule is CC(C)NCC(=O)OCCCl.O. The van der Waals surface area contributed by atoms with E-state index in [4.69, 9.17) is 16.3 Å². The summed E-state index contributed by atoms with van der Waals surface area (Å²) in [6.07, 6.45) is 0. The van der Waals surface area contributed by atoms with E-state index in [0.29, 0.717) is 18.5 Å². The molecular weight excluding hydrogens is 182 g/mol. The van der Waals surface area contributed by atoms with Gasteiger partial charge in [-0.15, -0.1) is 11.6 Å². The molecule has 0 unspecified atom stereocenters. The summed E-state index contributed by atoms with van der Waals surface area (Å²) >= 11 is 5.31. The molecule has 0 saturated heterocycles. The summed E-state index contributed by atoms with van der Waals surface area (Å²) in [5.74, 6) is 0.104. The van der Waals surface area contributed by atoms with Crippen LogP contribution in [0.4, 0.5) is 0 Å². The van der Waals surface area contributed by atoms with Gasteiger partial charge in [-0.25, -0.2) is 0 Å². The van der Waals surface area contributed by atoms with Crippen LogP contribution in [-0.2, 0) is 9.53 Å². The molecule has 0 aromatic carbocycles. The van der Waals surface area contributed by atoms with Crippen LogP contribution in [0.1, 0.15) is 13.8 Å². The molecule has 4 nitrogen and oxygen atoms in total. The Bertz CT molecular complexity index is 119. The number of alkyl halides is 1. The van der Waals surface area contributed by atoms with Gasteiger partial charge in [0, 0.05) is 6.04 Å². The van der Waals surface area contributed by atoms with E-state index in [0.717, 1.165) is 0 Å². The fourth-order valence-electron chi connectivity index (χ4n) is 0.491. The largest absolute Gasteiger partial charge is 0.463 e. The van der Waals surface area contributed by atoms with E-state index in [2.05, 4.69) is 5.32 Å². The summed E-state index contributed by atoms with van der Waals surface area (Å²) in [5.41, 5.74) is 0. The number of ether oxygens (including phenoxy) is 1. The smallest absolute Gasteiger partial charge is 0.319 e. The van der Waals surface area contributed by atoms with Crippen molar-refractivity contribution in [1.29, 1.82) is 0 Å². The van der Waals surface area contributed by atoms with E-state index in [1.807, 2.05) is 13.8 Å². The summed E-state index contributed by atoms with van der Waals surface area (Å²) in [6.45, 7) is 4.48. The van der Waals surface area contributed by atoms with Gasteiger partial charge in [-0.3, -0.25) is 4.79 Å². The molecule has 74 valence electrons.